The van der Waals surface area contributed by atoms with Crippen LogP contribution >= 0.6 is 0 Å². The highest BCUT2D eigenvalue weighted by molar-refractivity contribution is 6.02. The van der Waals surface area contributed by atoms with Gasteiger partial charge in [-0.05, 0) is 25.5 Å². The standard InChI is InChI=1S/C15H18N2O3/c1-3-10(2)16-13(18)9-17-8-7-11-5-4-6-12(14(11)17)15(19)20/h4-8,10H,3,9H2,1-2H3,(H,16,18)(H,19,20). The highest BCUT2D eigenvalue weighted by atomic mass is 16.4. The van der Waals surface area contributed by atoms with Crippen molar-refractivity contribution in [2.45, 2.75) is 32.9 Å². The molecule has 1 unspecified atom stereocenters. The molecule has 20 heavy (non-hydrogen) atoms. The number of nitrogens with zero attached hydrogens (tertiary/aromatic N) is 1. The highest BCUT2D eigenvalue weighted by Crippen LogP contribution is 2.20. The Hall–Kier alpha value is -2.30. The number of carbonyl (C=O) groups excluding carboxylic acids is 1. The zero-order chi connectivity index (χ0) is 14.7. The molecule has 0 radical (unpaired) electrons. The summed E-state index contributed by atoms with van der Waals surface area (Å²) >= 11 is 0. The molecule has 0 aliphatic heterocycles. The van der Waals surface area contributed by atoms with E-state index >= 15 is 0 Å². The van der Waals surface area contributed by atoms with E-state index in [-0.39, 0.29) is 24.1 Å². The maximum atomic E-state index is 11.9. The quantitative estimate of drug-likeness (QED) is 0.878. The zero-order valence-corrected chi connectivity index (χ0v) is 11.6. The molecule has 1 atom stereocenters. The maximum absolute atomic E-state index is 11.9. The molecular formula is C15H18N2O3. The molecule has 1 aromatic heterocycles. The number of rotatable bonds is 5. The van der Waals surface area contributed by atoms with Crippen molar-refractivity contribution in [1.82, 2.24) is 9.88 Å². The van der Waals surface area contributed by atoms with Gasteiger partial charge in [0.2, 0.25) is 5.91 Å². The van der Waals surface area contributed by atoms with Crippen molar-refractivity contribution >= 4 is 22.8 Å². The lowest BCUT2D eigenvalue weighted by molar-refractivity contribution is -0.122. The van der Waals surface area contributed by atoms with Gasteiger partial charge >= 0.3 is 5.97 Å². The summed E-state index contributed by atoms with van der Waals surface area (Å²) in [5.74, 6) is -1.10. The van der Waals surface area contributed by atoms with E-state index in [0.29, 0.717) is 5.52 Å². The van der Waals surface area contributed by atoms with Gasteiger partial charge < -0.3 is 15.0 Å². The highest BCUT2D eigenvalue weighted by Gasteiger charge is 2.14. The van der Waals surface area contributed by atoms with Gasteiger partial charge in [0.15, 0.2) is 0 Å². The lowest BCUT2D eigenvalue weighted by Crippen LogP contribution is -2.34. The van der Waals surface area contributed by atoms with E-state index in [1.165, 1.54) is 0 Å². The van der Waals surface area contributed by atoms with Gasteiger partial charge in [-0.1, -0.05) is 19.1 Å². The van der Waals surface area contributed by atoms with Crippen LogP contribution in [0.4, 0.5) is 0 Å². The number of benzene rings is 1. The number of aromatic carboxylic acids is 1. The average Bonchev–Trinajstić information content (AvgIpc) is 2.81. The van der Waals surface area contributed by atoms with E-state index in [1.807, 2.05) is 26.0 Å². The van der Waals surface area contributed by atoms with Gasteiger partial charge in [0.05, 0.1) is 11.1 Å². The number of carbonyl (C=O) groups is 2. The van der Waals surface area contributed by atoms with Crippen LogP contribution in [-0.4, -0.2) is 27.6 Å². The van der Waals surface area contributed by atoms with Crippen LogP contribution in [0.25, 0.3) is 10.9 Å². The SMILES string of the molecule is CCC(C)NC(=O)Cn1ccc2cccc(C(=O)O)c21. The van der Waals surface area contributed by atoms with Crippen molar-refractivity contribution in [1.29, 1.82) is 0 Å². The van der Waals surface area contributed by atoms with Gasteiger partial charge in [-0.3, -0.25) is 4.79 Å². The Morgan fingerprint density at radius 2 is 2.10 bits per heavy atom. The normalized spacial score (nSPS) is 12.3. The number of nitrogens with one attached hydrogen (secondary N) is 1. The molecule has 1 amide bonds. The fraction of sp³-hybridized carbons (Fsp3) is 0.333. The van der Waals surface area contributed by atoms with Gasteiger partial charge in [-0.2, -0.15) is 0 Å². The minimum Gasteiger partial charge on any atom is -0.478 e. The van der Waals surface area contributed by atoms with Crippen LogP contribution in [0.5, 0.6) is 0 Å². The first-order chi connectivity index (χ1) is 9.52. The third-order valence-electron chi connectivity index (χ3n) is 3.35. The third-order valence-corrected chi connectivity index (χ3v) is 3.35. The van der Waals surface area contributed by atoms with E-state index in [0.717, 1.165) is 11.8 Å². The van der Waals surface area contributed by atoms with Crippen LogP contribution in [0.1, 0.15) is 30.6 Å². The van der Waals surface area contributed by atoms with E-state index in [4.69, 9.17) is 0 Å². The largest absolute Gasteiger partial charge is 0.478 e. The summed E-state index contributed by atoms with van der Waals surface area (Å²) in [7, 11) is 0. The molecule has 106 valence electrons. The van der Waals surface area contributed by atoms with Crippen LogP contribution in [0.2, 0.25) is 0 Å². The molecule has 0 aliphatic carbocycles. The van der Waals surface area contributed by atoms with Gasteiger partial charge in [0.25, 0.3) is 0 Å². The molecule has 0 saturated heterocycles. The van der Waals surface area contributed by atoms with E-state index in [1.54, 1.807) is 22.9 Å². The molecule has 2 aromatic rings. The molecule has 0 saturated carbocycles. The first kappa shape index (κ1) is 14.1. The lowest BCUT2D eigenvalue weighted by Gasteiger charge is -2.13. The second kappa shape index (κ2) is 5.77. The summed E-state index contributed by atoms with van der Waals surface area (Å²) in [6.45, 7) is 4.06. The van der Waals surface area contributed by atoms with Crippen molar-refractivity contribution < 1.29 is 14.7 Å². The van der Waals surface area contributed by atoms with Crippen LogP contribution in [-0.2, 0) is 11.3 Å². The number of fused-ring (bicyclic) bond motifs is 1. The summed E-state index contributed by atoms with van der Waals surface area (Å²) in [6.07, 6.45) is 2.60. The number of para-hydroxylation sites is 1. The molecule has 2 N–H and O–H groups in total. The number of hydrogen-bond donors (Lipinski definition) is 2. The first-order valence-corrected chi connectivity index (χ1v) is 6.63. The van der Waals surface area contributed by atoms with Crippen LogP contribution in [0.15, 0.2) is 30.5 Å². The van der Waals surface area contributed by atoms with Crippen LogP contribution in [0, 0.1) is 0 Å². The third kappa shape index (κ3) is 2.82. The molecule has 1 aromatic carbocycles. The average molecular weight is 274 g/mol. The molecule has 0 aliphatic rings. The summed E-state index contributed by atoms with van der Waals surface area (Å²) in [5.41, 5.74) is 0.795. The molecule has 1 heterocycles. The Morgan fingerprint density at radius 1 is 1.35 bits per heavy atom. The first-order valence-electron chi connectivity index (χ1n) is 6.63. The Kier molecular flexibility index (Phi) is 4.08. The number of amides is 1. The molecule has 0 spiro atoms. The minimum absolute atomic E-state index is 0.114. The summed E-state index contributed by atoms with van der Waals surface area (Å²) in [4.78, 5) is 23.2. The topological polar surface area (TPSA) is 71.3 Å². The Bertz CT molecular complexity index is 646. The molecule has 5 nitrogen and oxygen atoms in total. The number of aromatic nitrogens is 1. The molecule has 0 bridgehead atoms. The number of hydrogen-bond acceptors (Lipinski definition) is 2. The monoisotopic (exact) mass is 274 g/mol. The molecule has 0 fully saturated rings. The Morgan fingerprint density at radius 3 is 2.75 bits per heavy atom. The van der Waals surface area contributed by atoms with Crippen molar-refractivity contribution in [3.05, 3.63) is 36.0 Å². The summed E-state index contributed by atoms with van der Waals surface area (Å²) in [6, 6.07) is 7.02. The Labute approximate surface area is 117 Å². The van der Waals surface area contributed by atoms with Crippen molar-refractivity contribution in [2.75, 3.05) is 0 Å². The lowest BCUT2D eigenvalue weighted by atomic mass is 10.1. The summed E-state index contributed by atoms with van der Waals surface area (Å²) in [5, 5.41) is 12.9. The Balaban J connectivity index is 2.31. The van der Waals surface area contributed by atoms with Gasteiger partial charge in [0, 0.05) is 17.6 Å². The minimum atomic E-state index is -0.988. The summed E-state index contributed by atoms with van der Waals surface area (Å²) < 4.78 is 1.68. The zero-order valence-electron chi connectivity index (χ0n) is 11.6. The van der Waals surface area contributed by atoms with Gasteiger partial charge in [-0.25, -0.2) is 4.79 Å². The molecule has 5 heteroatoms. The molecular weight excluding hydrogens is 256 g/mol. The predicted octanol–water partition coefficient (Wildman–Crippen LogP) is 2.25. The second-order valence-corrected chi connectivity index (χ2v) is 4.87. The number of carboxylic acid groups (broad SMARTS) is 1. The second-order valence-electron chi connectivity index (χ2n) is 4.87. The van der Waals surface area contributed by atoms with Crippen LogP contribution in [0.3, 0.4) is 0 Å². The smallest absolute Gasteiger partial charge is 0.337 e. The van der Waals surface area contributed by atoms with E-state index < -0.39 is 5.97 Å². The maximum Gasteiger partial charge on any atom is 0.337 e. The van der Waals surface area contributed by atoms with Crippen molar-refractivity contribution in [3.63, 3.8) is 0 Å². The van der Waals surface area contributed by atoms with Crippen molar-refractivity contribution in [3.8, 4) is 0 Å². The predicted molar refractivity (Wildman–Crippen MR) is 76.8 cm³/mol. The number of carboxylic acids is 1. The molecule has 2 rings (SSSR count). The van der Waals surface area contributed by atoms with Crippen LogP contribution < -0.4 is 5.32 Å². The van der Waals surface area contributed by atoms with E-state index in [9.17, 15) is 14.7 Å². The van der Waals surface area contributed by atoms with Gasteiger partial charge in [-0.15, -0.1) is 0 Å². The fourth-order valence-electron chi connectivity index (χ4n) is 2.14. The van der Waals surface area contributed by atoms with E-state index in [2.05, 4.69) is 5.32 Å². The van der Waals surface area contributed by atoms with Crippen molar-refractivity contribution in [2.24, 2.45) is 0 Å². The fourth-order valence-corrected chi connectivity index (χ4v) is 2.14. The van der Waals surface area contributed by atoms with Gasteiger partial charge in [0.1, 0.15) is 6.54 Å².